The molecule has 0 aromatic carbocycles. The van der Waals surface area contributed by atoms with Crippen molar-refractivity contribution in [1.82, 2.24) is 14.9 Å². The molecule has 1 saturated heterocycles. The van der Waals surface area contributed by atoms with Gasteiger partial charge in [0.15, 0.2) is 0 Å². The SMILES string of the molecule is C[C@@H]1CN(C(=O)c2c[nH]c(=O)[nH]2)C[C@H]1C(=O)O. The van der Waals surface area contributed by atoms with Gasteiger partial charge in [0.25, 0.3) is 5.91 Å². The van der Waals surface area contributed by atoms with Crippen LogP contribution in [0.2, 0.25) is 0 Å². The highest BCUT2D eigenvalue weighted by Crippen LogP contribution is 2.24. The number of nitrogens with zero attached hydrogens (tertiary/aromatic N) is 1. The molecule has 2 atom stereocenters. The summed E-state index contributed by atoms with van der Waals surface area (Å²) in [6.45, 7) is 2.37. The molecule has 3 N–H and O–H groups in total. The fourth-order valence-electron chi connectivity index (χ4n) is 2.07. The Balaban J connectivity index is 2.13. The van der Waals surface area contributed by atoms with Crippen LogP contribution in [0.15, 0.2) is 11.0 Å². The average Bonchev–Trinajstić information content (AvgIpc) is 2.83. The van der Waals surface area contributed by atoms with Crippen molar-refractivity contribution in [3.05, 3.63) is 22.4 Å². The van der Waals surface area contributed by atoms with Gasteiger partial charge in [-0.3, -0.25) is 9.59 Å². The molecule has 0 bridgehead atoms. The second-order valence-corrected chi connectivity index (χ2v) is 4.29. The fraction of sp³-hybridized carbons (Fsp3) is 0.500. The Morgan fingerprint density at radius 2 is 2.18 bits per heavy atom. The molecule has 1 fully saturated rings. The summed E-state index contributed by atoms with van der Waals surface area (Å²) >= 11 is 0. The van der Waals surface area contributed by atoms with Crippen molar-refractivity contribution in [2.45, 2.75) is 6.92 Å². The molecular weight excluding hydrogens is 226 g/mol. The second kappa shape index (κ2) is 4.08. The van der Waals surface area contributed by atoms with Gasteiger partial charge in [-0.15, -0.1) is 0 Å². The van der Waals surface area contributed by atoms with E-state index in [2.05, 4.69) is 9.97 Å². The monoisotopic (exact) mass is 239 g/mol. The van der Waals surface area contributed by atoms with E-state index < -0.39 is 17.6 Å². The number of nitrogens with one attached hydrogen (secondary N) is 2. The summed E-state index contributed by atoms with van der Waals surface area (Å²) in [5.74, 6) is -1.86. The Hall–Kier alpha value is -2.05. The molecule has 1 amide bonds. The number of carbonyl (C=O) groups excluding carboxylic acids is 1. The molecule has 17 heavy (non-hydrogen) atoms. The molecule has 1 aromatic rings. The number of hydrogen-bond acceptors (Lipinski definition) is 3. The first-order valence-electron chi connectivity index (χ1n) is 5.29. The third-order valence-electron chi connectivity index (χ3n) is 3.04. The number of hydrogen-bond donors (Lipinski definition) is 3. The third-order valence-corrected chi connectivity index (χ3v) is 3.04. The van der Waals surface area contributed by atoms with Crippen molar-refractivity contribution in [3.8, 4) is 0 Å². The average molecular weight is 239 g/mol. The van der Waals surface area contributed by atoms with Crippen LogP contribution in [0, 0.1) is 11.8 Å². The van der Waals surface area contributed by atoms with Crippen molar-refractivity contribution < 1.29 is 14.7 Å². The summed E-state index contributed by atoms with van der Waals surface area (Å²) in [5, 5.41) is 8.96. The largest absolute Gasteiger partial charge is 0.481 e. The van der Waals surface area contributed by atoms with Crippen LogP contribution < -0.4 is 5.69 Å². The van der Waals surface area contributed by atoms with Crippen LogP contribution in [0.1, 0.15) is 17.4 Å². The van der Waals surface area contributed by atoms with Crippen LogP contribution in [0.5, 0.6) is 0 Å². The highest BCUT2D eigenvalue weighted by Gasteiger charge is 2.37. The molecule has 7 nitrogen and oxygen atoms in total. The summed E-state index contributed by atoms with van der Waals surface area (Å²) in [5.41, 5.74) is -0.288. The minimum atomic E-state index is -0.893. The lowest BCUT2D eigenvalue weighted by molar-refractivity contribution is -0.142. The minimum absolute atomic E-state index is 0.0814. The molecule has 7 heteroatoms. The first kappa shape index (κ1) is 11.4. The molecule has 1 aromatic heterocycles. The molecule has 2 rings (SSSR count). The van der Waals surface area contributed by atoms with E-state index >= 15 is 0 Å². The predicted octanol–water partition coefficient (Wildman–Crippen LogP) is -0.504. The Bertz CT molecular complexity index is 504. The number of rotatable bonds is 2. The standard InChI is InChI=1S/C10H13N3O4/c1-5-3-13(4-6(5)9(15)16)8(14)7-2-11-10(17)12-7/h2,5-6H,3-4H2,1H3,(H,15,16)(H2,11,12,17)/t5-,6-/m1/s1. The number of likely N-dealkylation sites (tertiary alicyclic amines) is 1. The maximum Gasteiger partial charge on any atom is 0.323 e. The summed E-state index contributed by atoms with van der Waals surface area (Å²) in [6, 6.07) is 0. The van der Waals surface area contributed by atoms with E-state index in [0.29, 0.717) is 6.54 Å². The zero-order chi connectivity index (χ0) is 12.6. The van der Waals surface area contributed by atoms with Gasteiger partial charge in [-0.25, -0.2) is 4.79 Å². The van der Waals surface area contributed by atoms with Crippen LogP contribution >= 0.6 is 0 Å². The molecule has 0 saturated carbocycles. The van der Waals surface area contributed by atoms with E-state index in [1.807, 2.05) is 0 Å². The van der Waals surface area contributed by atoms with E-state index in [4.69, 9.17) is 5.11 Å². The number of aromatic nitrogens is 2. The smallest absolute Gasteiger partial charge is 0.323 e. The second-order valence-electron chi connectivity index (χ2n) is 4.29. The summed E-state index contributed by atoms with van der Waals surface area (Å²) in [4.78, 5) is 39.9. The van der Waals surface area contributed by atoms with Crippen molar-refractivity contribution in [2.24, 2.45) is 11.8 Å². The van der Waals surface area contributed by atoms with Gasteiger partial charge in [0.1, 0.15) is 5.69 Å². The van der Waals surface area contributed by atoms with Gasteiger partial charge < -0.3 is 20.0 Å². The van der Waals surface area contributed by atoms with Gasteiger partial charge in [0.05, 0.1) is 5.92 Å². The van der Waals surface area contributed by atoms with Crippen molar-refractivity contribution in [3.63, 3.8) is 0 Å². The zero-order valence-electron chi connectivity index (χ0n) is 9.27. The number of amides is 1. The van der Waals surface area contributed by atoms with Gasteiger partial charge in [0.2, 0.25) is 0 Å². The molecule has 1 aliphatic rings. The van der Waals surface area contributed by atoms with E-state index in [1.54, 1.807) is 6.92 Å². The number of carboxylic acid groups (broad SMARTS) is 1. The summed E-state index contributed by atoms with van der Waals surface area (Å²) in [6.07, 6.45) is 1.30. The van der Waals surface area contributed by atoms with Gasteiger partial charge >= 0.3 is 11.7 Å². The van der Waals surface area contributed by atoms with Crippen molar-refractivity contribution in [1.29, 1.82) is 0 Å². The van der Waals surface area contributed by atoms with Crippen molar-refractivity contribution in [2.75, 3.05) is 13.1 Å². The van der Waals surface area contributed by atoms with Crippen LogP contribution in [-0.4, -0.2) is 44.9 Å². The molecular formula is C10H13N3O4. The fourth-order valence-corrected chi connectivity index (χ4v) is 2.07. The van der Waals surface area contributed by atoms with E-state index in [0.717, 1.165) is 0 Å². The van der Waals surface area contributed by atoms with Crippen molar-refractivity contribution >= 4 is 11.9 Å². The predicted molar refractivity (Wildman–Crippen MR) is 57.6 cm³/mol. The number of carbonyl (C=O) groups is 2. The topological polar surface area (TPSA) is 106 Å². The van der Waals surface area contributed by atoms with Crippen LogP contribution in [0.4, 0.5) is 0 Å². The number of imidazole rings is 1. The Morgan fingerprint density at radius 1 is 1.47 bits per heavy atom. The molecule has 92 valence electrons. The highest BCUT2D eigenvalue weighted by molar-refractivity contribution is 5.92. The summed E-state index contributed by atoms with van der Waals surface area (Å²) in [7, 11) is 0. The Morgan fingerprint density at radius 3 is 2.65 bits per heavy atom. The lowest BCUT2D eigenvalue weighted by Crippen LogP contribution is -2.30. The van der Waals surface area contributed by atoms with Crippen LogP contribution in [0.3, 0.4) is 0 Å². The normalized spacial score (nSPS) is 23.9. The van der Waals surface area contributed by atoms with Gasteiger partial charge in [-0.1, -0.05) is 6.92 Å². The van der Waals surface area contributed by atoms with Gasteiger partial charge in [0, 0.05) is 19.3 Å². The molecule has 0 aliphatic carbocycles. The molecule has 0 radical (unpaired) electrons. The summed E-state index contributed by atoms with van der Waals surface area (Å²) < 4.78 is 0. The van der Waals surface area contributed by atoms with Gasteiger partial charge in [-0.05, 0) is 5.92 Å². The highest BCUT2D eigenvalue weighted by atomic mass is 16.4. The van der Waals surface area contributed by atoms with E-state index in [1.165, 1.54) is 11.1 Å². The molecule has 2 heterocycles. The number of aliphatic carboxylic acids is 1. The maximum absolute atomic E-state index is 11.9. The number of aromatic amines is 2. The Kier molecular flexibility index (Phi) is 2.74. The third kappa shape index (κ3) is 2.08. The first-order chi connectivity index (χ1) is 7.99. The zero-order valence-corrected chi connectivity index (χ0v) is 9.27. The quantitative estimate of drug-likeness (QED) is 0.646. The maximum atomic E-state index is 11.9. The lowest BCUT2D eigenvalue weighted by Gasteiger charge is -2.14. The molecule has 0 unspecified atom stereocenters. The van der Waals surface area contributed by atoms with Crippen LogP contribution in [-0.2, 0) is 4.79 Å². The van der Waals surface area contributed by atoms with Crippen LogP contribution in [0.25, 0.3) is 0 Å². The van der Waals surface area contributed by atoms with Gasteiger partial charge in [-0.2, -0.15) is 0 Å². The molecule has 0 spiro atoms. The van der Waals surface area contributed by atoms with E-state index in [9.17, 15) is 14.4 Å². The minimum Gasteiger partial charge on any atom is -0.481 e. The molecule has 1 aliphatic heterocycles. The number of carboxylic acids is 1. The number of H-pyrrole nitrogens is 2. The van der Waals surface area contributed by atoms with E-state index in [-0.39, 0.29) is 24.1 Å². The Labute approximate surface area is 96.4 Å². The lowest BCUT2D eigenvalue weighted by atomic mass is 9.99. The first-order valence-corrected chi connectivity index (χ1v) is 5.29.